The van der Waals surface area contributed by atoms with Gasteiger partial charge in [0.25, 0.3) is 0 Å². The van der Waals surface area contributed by atoms with Crippen LogP contribution in [0.15, 0.2) is 57.5 Å². The number of rotatable bonds is 2. The van der Waals surface area contributed by atoms with Gasteiger partial charge in [-0.3, -0.25) is 0 Å². The summed E-state index contributed by atoms with van der Waals surface area (Å²) >= 11 is 6.84. The Labute approximate surface area is 105 Å². The van der Waals surface area contributed by atoms with Gasteiger partial charge in [0.15, 0.2) is 0 Å². The smallest absolute Gasteiger partial charge is 0.141 e. The van der Waals surface area contributed by atoms with E-state index in [1.807, 2.05) is 48.5 Å². The van der Waals surface area contributed by atoms with Crippen LogP contribution in [0.4, 0.5) is 0 Å². The summed E-state index contributed by atoms with van der Waals surface area (Å²) in [5.74, 6) is 1.63. The van der Waals surface area contributed by atoms with Gasteiger partial charge in [-0.1, -0.05) is 34.1 Å². The van der Waals surface area contributed by atoms with Gasteiger partial charge < -0.3 is 4.74 Å². The van der Waals surface area contributed by atoms with Gasteiger partial charge in [-0.15, -0.1) is 0 Å². The van der Waals surface area contributed by atoms with Crippen LogP contribution in [0.25, 0.3) is 0 Å². The minimum absolute atomic E-state index is 0.815. The van der Waals surface area contributed by atoms with E-state index in [0.717, 1.165) is 20.4 Å². The van der Waals surface area contributed by atoms with Crippen molar-refractivity contribution in [3.8, 4) is 11.5 Å². The van der Waals surface area contributed by atoms with Crippen LogP contribution in [0, 0.1) is 0 Å². The Bertz CT molecular complexity index is 469. The first kappa shape index (κ1) is 10.7. The maximum Gasteiger partial charge on any atom is 0.141 e. The number of benzene rings is 2. The third kappa shape index (κ3) is 2.83. The summed E-state index contributed by atoms with van der Waals surface area (Å²) in [5, 5.41) is 0. The lowest BCUT2D eigenvalue weighted by molar-refractivity contribution is 0.479. The van der Waals surface area contributed by atoms with Crippen LogP contribution in [-0.2, 0) is 0 Å². The lowest BCUT2D eigenvalue weighted by Gasteiger charge is -2.07. The zero-order chi connectivity index (χ0) is 10.7. The van der Waals surface area contributed by atoms with E-state index in [4.69, 9.17) is 4.74 Å². The SMILES string of the molecule is Brc1cccc(Oc2ccccc2Br)c1. The fourth-order valence-corrected chi connectivity index (χ4v) is 1.93. The molecule has 15 heavy (non-hydrogen) atoms. The Morgan fingerprint density at radius 2 is 1.67 bits per heavy atom. The number of hydrogen-bond donors (Lipinski definition) is 0. The Morgan fingerprint density at radius 3 is 2.40 bits per heavy atom. The molecule has 0 amide bonds. The summed E-state index contributed by atoms with van der Waals surface area (Å²) in [7, 11) is 0. The van der Waals surface area contributed by atoms with Gasteiger partial charge in [0, 0.05) is 4.47 Å². The molecule has 76 valence electrons. The molecule has 0 unspecified atom stereocenters. The average molecular weight is 328 g/mol. The van der Waals surface area contributed by atoms with Crippen molar-refractivity contribution < 1.29 is 4.74 Å². The maximum atomic E-state index is 5.71. The highest BCUT2D eigenvalue weighted by Crippen LogP contribution is 2.30. The minimum atomic E-state index is 0.815. The van der Waals surface area contributed by atoms with Crippen LogP contribution < -0.4 is 4.74 Å². The predicted octanol–water partition coefficient (Wildman–Crippen LogP) is 5.00. The molecule has 0 bridgehead atoms. The first-order valence-electron chi connectivity index (χ1n) is 4.43. The van der Waals surface area contributed by atoms with Gasteiger partial charge in [-0.05, 0) is 46.3 Å². The molecule has 1 nitrogen and oxygen atoms in total. The summed E-state index contributed by atoms with van der Waals surface area (Å²) in [4.78, 5) is 0. The molecule has 0 aliphatic rings. The molecule has 0 radical (unpaired) electrons. The molecule has 0 atom stereocenters. The van der Waals surface area contributed by atoms with E-state index in [-0.39, 0.29) is 0 Å². The molecule has 0 heterocycles. The lowest BCUT2D eigenvalue weighted by atomic mass is 10.3. The second kappa shape index (κ2) is 4.81. The molecule has 0 aliphatic carbocycles. The van der Waals surface area contributed by atoms with Gasteiger partial charge in [-0.25, -0.2) is 0 Å². The molecule has 2 aromatic carbocycles. The van der Waals surface area contributed by atoms with Gasteiger partial charge in [0.1, 0.15) is 11.5 Å². The summed E-state index contributed by atoms with van der Waals surface area (Å²) < 4.78 is 7.67. The van der Waals surface area contributed by atoms with Crippen LogP contribution in [0.1, 0.15) is 0 Å². The predicted molar refractivity (Wildman–Crippen MR) is 68.4 cm³/mol. The first-order valence-corrected chi connectivity index (χ1v) is 6.02. The van der Waals surface area contributed by atoms with Gasteiger partial charge in [0.2, 0.25) is 0 Å². The van der Waals surface area contributed by atoms with Crippen LogP contribution in [-0.4, -0.2) is 0 Å². The number of para-hydroxylation sites is 1. The zero-order valence-electron chi connectivity index (χ0n) is 7.78. The fraction of sp³-hybridized carbons (Fsp3) is 0. The third-order valence-electron chi connectivity index (χ3n) is 1.86. The van der Waals surface area contributed by atoms with Gasteiger partial charge in [0.05, 0.1) is 4.47 Å². The van der Waals surface area contributed by atoms with Crippen LogP contribution in [0.3, 0.4) is 0 Å². The summed E-state index contributed by atoms with van der Waals surface area (Å²) in [6.07, 6.45) is 0. The normalized spacial score (nSPS) is 10.0. The number of halogens is 2. The maximum absolute atomic E-state index is 5.71. The topological polar surface area (TPSA) is 9.23 Å². The Kier molecular flexibility index (Phi) is 3.44. The van der Waals surface area contributed by atoms with E-state index in [0.29, 0.717) is 0 Å². The molecular weight excluding hydrogens is 320 g/mol. The van der Waals surface area contributed by atoms with Gasteiger partial charge >= 0.3 is 0 Å². The van der Waals surface area contributed by atoms with Crippen LogP contribution >= 0.6 is 31.9 Å². The Balaban J connectivity index is 2.26. The fourth-order valence-electron chi connectivity index (χ4n) is 1.18. The molecule has 0 N–H and O–H groups in total. The van der Waals surface area contributed by atoms with Crippen molar-refractivity contribution in [2.24, 2.45) is 0 Å². The molecular formula is C12H8Br2O. The van der Waals surface area contributed by atoms with Crippen molar-refractivity contribution in [1.82, 2.24) is 0 Å². The summed E-state index contributed by atoms with van der Waals surface area (Å²) in [6, 6.07) is 15.5. The second-order valence-corrected chi connectivity index (χ2v) is 4.76. The van der Waals surface area contributed by atoms with E-state index in [1.165, 1.54) is 0 Å². The van der Waals surface area contributed by atoms with E-state index in [2.05, 4.69) is 31.9 Å². The minimum Gasteiger partial charge on any atom is -0.456 e. The van der Waals surface area contributed by atoms with E-state index >= 15 is 0 Å². The molecule has 2 aromatic rings. The molecule has 0 spiro atoms. The second-order valence-electron chi connectivity index (χ2n) is 2.99. The molecule has 0 saturated carbocycles. The van der Waals surface area contributed by atoms with Crippen molar-refractivity contribution in [3.63, 3.8) is 0 Å². The number of ether oxygens (including phenoxy) is 1. The molecule has 0 fully saturated rings. The lowest BCUT2D eigenvalue weighted by Crippen LogP contribution is -1.84. The average Bonchev–Trinajstić information content (AvgIpc) is 2.22. The van der Waals surface area contributed by atoms with Gasteiger partial charge in [-0.2, -0.15) is 0 Å². The van der Waals surface area contributed by atoms with E-state index < -0.39 is 0 Å². The molecule has 3 heteroatoms. The Morgan fingerprint density at radius 1 is 0.867 bits per heavy atom. The summed E-state index contributed by atoms with van der Waals surface area (Å²) in [5.41, 5.74) is 0. The van der Waals surface area contributed by atoms with Crippen molar-refractivity contribution >= 4 is 31.9 Å². The zero-order valence-corrected chi connectivity index (χ0v) is 11.0. The molecule has 0 aliphatic heterocycles. The van der Waals surface area contributed by atoms with Crippen LogP contribution in [0.5, 0.6) is 11.5 Å². The van der Waals surface area contributed by atoms with Crippen molar-refractivity contribution in [2.45, 2.75) is 0 Å². The van der Waals surface area contributed by atoms with Crippen molar-refractivity contribution in [2.75, 3.05) is 0 Å². The van der Waals surface area contributed by atoms with E-state index in [1.54, 1.807) is 0 Å². The molecule has 0 saturated heterocycles. The van der Waals surface area contributed by atoms with Crippen molar-refractivity contribution in [1.29, 1.82) is 0 Å². The Hall–Kier alpha value is -0.800. The van der Waals surface area contributed by atoms with E-state index in [9.17, 15) is 0 Å². The molecule has 0 aromatic heterocycles. The monoisotopic (exact) mass is 326 g/mol. The third-order valence-corrected chi connectivity index (χ3v) is 3.01. The quantitative estimate of drug-likeness (QED) is 0.753. The van der Waals surface area contributed by atoms with Crippen LogP contribution in [0.2, 0.25) is 0 Å². The number of hydrogen-bond acceptors (Lipinski definition) is 1. The summed E-state index contributed by atoms with van der Waals surface area (Å²) in [6.45, 7) is 0. The highest BCUT2D eigenvalue weighted by atomic mass is 79.9. The molecule has 2 rings (SSSR count). The first-order chi connectivity index (χ1) is 7.25. The highest BCUT2D eigenvalue weighted by molar-refractivity contribution is 9.10. The highest BCUT2D eigenvalue weighted by Gasteiger charge is 2.01. The largest absolute Gasteiger partial charge is 0.456 e. The van der Waals surface area contributed by atoms with Crippen molar-refractivity contribution in [3.05, 3.63) is 57.5 Å². The standard InChI is InChI=1S/C12H8Br2O/c13-9-4-3-5-10(8-9)15-12-7-2-1-6-11(12)14/h1-8H.